The minimum absolute atomic E-state index is 0. The van der Waals surface area contributed by atoms with Crippen LogP contribution < -0.4 is 16.0 Å². The summed E-state index contributed by atoms with van der Waals surface area (Å²) in [6, 6.07) is 0.247. The summed E-state index contributed by atoms with van der Waals surface area (Å²) in [4.78, 5) is 16.0. The zero-order valence-electron chi connectivity index (χ0n) is 13.5. The lowest BCUT2D eigenvalue weighted by molar-refractivity contribution is -0.121. The molecule has 0 radical (unpaired) electrons. The molecule has 23 heavy (non-hydrogen) atoms. The quantitative estimate of drug-likeness (QED) is 0.315. The normalized spacial score (nSPS) is 24.0. The van der Waals surface area contributed by atoms with Gasteiger partial charge in [-0.05, 0) is 19.3 Å². The third-order valence-electron chi connectivity index (χ3n) is 4.16. The number of hydrogen-bond acceptors (Lipinski definition) is 4. The highest BCUT2D eigenvalue weighted by Crippen LogP contribution is 2.17. The smallest absolute Gasteiger partial charge is 0.222 e. The van der Waals surface area contributed by atoms with E-state index in [-0.39, 0.29) is 47.4 Å². The zero-order chi connectivity index (χ0) is 16.0. The van der Waals surface area contributed by atoms with E-state index in [9.17, 15) is 13.2 Å². The monoisotopic (exact) mass is 458 g/mol. The molecule has 1 aliphatic carbocycles. The van der Waals surface area contributed by atoms with Gasteiger partial charge in [0, 0.05) is 32.1 Å². The number of amides is 1. The molecule has 9 heteroatoms. The van der Waals surface area contributed by atoms with Gasteiger partial charge in [0.25, 0.3) is 0 Å². The molecule has 1 saturated heterocycles. The second-order valence-electron chi connectivity index (χ2n) is 6.04. The third-order valence-corrected chi connectivity index (χ3v) is 5.93. The predicted molar refractivity (Wildman–Crippen MR) is 102 cm³/mol. The zero-order valence-corrected chi connectivity index (χ0v) is 16.7. The van der Waals surface area contributed by atoms with E-state index in [4.69, 9.17) is 0 Å². The number of nitrogens with zero attached hydrogens (tertiary/aromatic N) is 1. The maximum Gasteiger partial charge on any atom is 0.222 e. The molecule has 0 bridgehead atoms. The van der Waals surface area contributed by atoms with E-state index >= 15 is 0 Å². The molecule has 1 heterocycles. The summed E-state index contributed by atoms with van der Waals surface area (Å²) >= 11 is 0. The molecule has 1 unspecified atom stereocenters. The maximum absolute atomic E-state index is 11.8. The number of aliphatic imine (C=N–C) groups is 1. The van der Waals surface area contributed by atoms with Crippen molar-refractivity contribution in [3.63, 3.8) is 0 Å². The van der Waals surface area contributed by atoms with Gasteiger partial charge in [0.2, 0.25) is 5.91 Å². The summed E-state index contributed by atoms with van der Waals surface area (Å²) < 4.78 is 22.7. The molecular weight excluding hydrogens is 431 g/mol. The summed E-state index contributed by atoms with van der Waals surface area (Å²) in [7, 11) is -1.24. The van der Waals surface area contributed by atoms with Crippen LogP contribution in [0.4, 0.5) is 0 Å². The van der Waals surface area contributed by atoms with Crippen LogP contribution in [0.15, 0.2) is 4.99 Å². The van der Waals surface area contributed by atoms with Crippen molar-refractivity contribution in [3.05, 3.63) is 0 Å². The van der Waals surface area contributed by atoms with Gasteiger partial charge in [-0.1, -0.05) is 12.8 Å². The molecule has 0 aromatic heterocycles. The standard InChI is InChI=1S/C14H26N4O3S.HI/c1-15-14(18-11-4-2-3-5-11)16-8-6-13(19)17-12-7-9-22(20,21)10-12;/h11-12H,2-10H2,1H3,(H,17,19)(H2,15,16,18);1H. The van der Waals surface area contributed by atoms with Crippen LogP contribution in [0.3, 0.4) is 0 Å². The highest BCUT2D eigenvalue weighted by Gasteiger charge is 2.28. The van der Waals surface area contributed by atoms with Gasteiger partial charge in [-0.2, -0.15) is 0 Å². The maximum atomic E-state index is 11.8. The van der Waals surface area contributed by atoms with Crippen molar-refractivity contribution in [3.8, 4) is 0 Å². The fourth-order valence-electron chi connectivity index (χ4n) is 2.96. The lowest BCUT2D eigenvalue weighted by Gasteiger charge is -2.17. The molecule has 3 N–H and O–H groups in total. The van der Waals surface area contributed by atoms with Crippen LogP contribution in [0.25, 0.3) is 0 Å². The van der Waals surface area contributed by atoms with Gasteiger partial charge in [-0.15, -0.1) is 24.0 Å². The third kappa shape index (κ3) is 7.23. The van der Waals surface area contributed by atoms with Crippen molar-refractivity contribution < 1.29 is 13.2 Å². The molecule has 0 aromatic rings. The molecule has 0 aromatic carbocycles. The Kier molecular flexibility index (Phi) is 8.59. The van der Waals surface area contributed by atoms with Gasteiger partial charge in [-0.25, -0.2) is 8.42 Å². The van der Waals surface area contributed by atoms with E-state index in [1.807, 2.05) is 0 Å². The van der Waals surface area contributed by atoms with Gasteiger partial charge in [0.05, 0.1) is 11.5 Å². The second-order valence-corrected chi connectivity index (χ2v) is 8.27. The summed E-state index contributed by atoms with van der Waals surface area (Å²) in [6.45, 7) is 0.484. The number of halogens is 1. The van der Waals surface area contributed by atoms with Gasteiger partial charge < -0.3 is 16.0 Å². The highest BCUT2D eigenvalue weighted by atomic mass is 127. The molecule has 1 aliphatic heterocycles. The van der Waals surface area contributed by atoms with E-state index in [1.165, 1.54) is 12.8 Å². The number of carbonyl (C=O) groups is 1. The summed E-state index contributed by atoms with van der Waals surface area (Å²) in [6.07, 6.45) is 5.66. The molecular formula is C14H27IN4O3S. The molecule has 1 amide bonds. The molecule has 2 rings (SSSR count). The van der Waals surface area contributed by atoms with Crippen molar-refractivity contribution in [2.24, 2.45) is 4.99 Å². The molecule has 2 aliphatic rings. The first-order chi connectivity index (χ1) is 10.5. The van der Waals surface area contributed by atoms with Crippen LogP contribution in [-0.2, 0) is 14.6 Å². The van der Waals surface area contributed by atoms with Crippen molar-refractivity contribution in [2.75, 3.05) is 25.1 Å². The van der Waals surface area contributed by atoms with Crippen LogP contribution in [0.2, 0.25) is 0 Å². The van der Waals surface area contributed by atoms with E-state index in [0.717, 1.165) is 18.8 Å². The Morgan fingerprint density at radius 3 is 2.39 bits per heavy atom. The van der Waals surface area contributed by atoms with Gasteiger partial charge >= 0.3 is 0 Å². The van der Waals surface area contributed by atoms with E-state index in [1.54, 1.807) is 7.05 Å². The Labute approximate surface area is 155 Å². The molecule has 2 fully saturated rings. The van der Waals surface area contributed by atoms with E-state index in [2.05, 4.69) is 20.9 Å². The summed E-state index contributed by atoms with van der Waals surface area (Å²) in [5, 5.41) is 9.26. The molecule has 7 nitrogen and oxygen atoms in total. The van der Waals surface area contributed by atoms with Gasteiger partial charge in [0.1, 0.15) is 0 Å². The minimum Gasteiger partial charge on any atom is -0.356 e. The number of guanidine groups is 1. The first-order valence-corrected chi connectivity index (χ1v) is 9.77. The fraction of sp³-hybridized carbons (Fsp3) is 0.857. The van der Waals surface area contributed by atoms with E-state index in [0.29, 0.717) is 25.4 Å². The van der Waals surface area contributed by atoms with Crippen LogP contribution in [0, 0.1) is 0 Å². The summed E-state index contributed by atoms with van der Waals surface area (Å²) in [5.41, 5.74) is 0. The second kappa shape index (κ2) is 9.65. The largest absolute Gasteiger partial charge is 0.356 e. The number of nitrogens with one attached hydrogen (secondary N) is 3. The highest BCUT2D eigenvalue weighted by molar-refractivity contribution is 14.0. The Bertz CT molecular complexity index is 518. The van der Waals surface area contributed by atoms with Crippen LogP contribution >= 0.6 is 24.0 Å². The first-order valence-electron chi connectivity index (χ1n) is 7.95. The lowest BCUT2D eigenvalue weighted by atomic mass is 10.2. The van der Waals surface area contributed by atoms with Crippen molar-refractivity contribution in [2.45, 2.75) is 50.6 Å². The number of hydrogen-bond donors (Lipinski definition) is 3. The fourth-order valence-corrected chi connectivity index (χ4v) is 4.63. The predicted octanol–water partition coefficient (Wildman–Crippen LogP) is 0.405. The topological polar surface area (TPSA) is 99.7 Å². The van der Waals surface area contributed by atoms with Crippen molar-refractivity contribution >= 4 is 45.7 Å². The number of sulfone groups is 1. The molecule has 0 spiro atoms. The molecule has 134 valence electrons. The van der Waals surface area contributed by atoms with E-state index < -0.39 is 9.84 Å². The molecule has 1 saturated carbocycles. The van der Waals surface area contributed by atoms with Crippen molar-refractivity contribution in [1.82, 2.24) is 16.0 Å². The molecule has 1 atom stereocenters. The SMILES string of the molecule is CN=C(NCCC(=O)NC1CCS(=O)(=O)C1)NC1CCCC1.I. The average Bonchev–Trinajstić information content (AvgIpc) is 3.07. The Balaban J connectivity index is 0.00000264. The number of rotatable bonds is 5. The van der Waals surface area contributed by atoms with Crippen LogP contribution in [0.1, 0.15) is 38.5 Å². The van der Waals surface area contributed by atoms with Crippen LogP contribution in [-0.4, -0.2) is 57.5 Å². The van der Waals surface area contributed by atoms with Gasteiger partial charge in [-0.3, -0.25) is 9.79 Å². The van der Waals surface area contributed by atoms with Crippen LogP contribution in [0.5, 0.6) is 0 Å². The Morgan fingerprint density at radius 1 is 1.13 bits per heavy atom. The first kappa shape index (κ1) is 20.5. The Morgan fingerprint density at radius 2 is 1.83 bits per heavy atom. The van der Waals surface area contributed by atoms with Crippen molar-refractivity contribution in [1.29, 1.82) is 0 Å². The minimum atomic E-state index is -2.95. The van der Waals surface area contributed by atoms with Gasteiger partial charge in [0.15, 0.2) is 15.8 Å². The lowest BCUT2D eigenvalue weighted by Crippen LogP contribution is -2.44. The Hall–Kier alpha value is -0.580. The average molecular weight is 458 g/mol. The number of carbonyl (C=O) groups excluding carboxylic acids is 1. The summed E-state index contributed by atoms with van der Waals surface area (Å²) in [5.74, 6) is 0.847.